The van der Waals surface area contributed by atoms with Crippen molar-refractivity contribution < 1.29 is 9.90 Å². The Labute approximate surface area is 77.8 Å². The molecule has 0 bridgehead atoms. The largest absolute Gasteiger partial charge is 0.477 e. The second-order valence-electron chi connectivity index (χ2n) is 3.94. The summed E-state index contributed by atoms with van der Waals surface area (Å²) in [5.41, 5.74) is 0.414. The molecule has 72 valence electrons. The number of carboxylic acid groups (broad SMARTS) is 1. The van der Waals surface area contributed by atoms with Crippen molar-refractivity contribution in [1.82, 2.24) is 5.32 Å². The Hall–Kier alpha value is -0.990. The summed E-state index contributed by atoms with van der Waals surface area (Å²) in [6.07, 6.45) is 7.94. The molecule has 2 atom stereocenters. The van der Waals surface area contributed by atoms with Gasteiger partial charge in [-0.2, -0.15) is 0 Å². The van der Waals surface area contributed by atoms with Gasteiger partial charge in [-0.25, -0.2) is 4.79 Å². The van der Waals surface area contributed by atoms with E-state index in [1.165, 1.54) is 19.3 Å². The highest BCUT2D eigenvalue weighted by Crippen LogP contribution is 2.29. The van der Waals surface area contributed by atoms with Gasteiger partial charge in [0, 0.05) is 6.04 Å². The molecule has 0 amide bonds. The molecular weight excluding hydrogens is 166 g/mol. The lowest BCUT2D eigenvalue weighted by molar-refractivity contribution is -0.133. The first kappa shape index (κ1) is 8.60. The molecule has 0 aromatic heterocycles. The lowest BCUT2D eigenvalue weighted by atomic mass is 9.98. The summed E-state index contributed by atoms with van der Waals surface area (Å²) in [6, 6.07) is 0.397. The zero-order valence-electron chi connectivity index (χ0n) is 7.62. The van der Waals surface area contributed by atoms with Crippen LogP contribution in [0.3, 0.4) is 0 Å². The van der Waals surface area contributed by atoms with Crippen LogP contribution in [0.4, 0.5) is 0 Å². The summed E-state index contributed by atoms with van der Waals surface area (Å²) in [5, 5.41) is 11.9. The van der Waals surface area contributed by atoms with Gasteiger partial charge in [-0.15, -0.1) is 0 Å². The minimum Gasteiger partial charge on any atom is -0.477 e. The van der Waals surface area contributed by atoms with Crippen molar-refractivity contribution in [3.8, 4) is 0 Å². The number of carboxylic acids is 1. The molecule has 2 aliphatic rings. The Balaban J connectivity index is 2.07. The van der Waals surface area contributed by atoms with Crippen LogP contribution in [-0.4, -0.2) is 17.1 Å². The van der Waals surface area contributed by atoms with Gasteiger partial charge in [-0.05, 0) is 24.8 Å². The smallest absolute Gasteiger partial charge is 0.351 e. The average molecular weight is 181 g/mol. The van der Waals surface area contributed by atoms with Crippen molar-refractivity contribution >= 4 is 5.97 Å². The second-order valence-corrected chi connectivity index (χ2v) is 3.94. The molecule has 2 N–H and O–H groups in total. The number of hydrogen-bond acceptors (Lipinski definition) is 2. The predicted molar refractivity (Wildman–Crippen MR) is 49.2 cm³/mol. The van der Waals surface area contributed by atoms with Crippen LogP contribution in [0.25, 0.3) is 0 Å². The Bertz CT molecular complexity index is 247. The molecule has 1 aliphatic carbocycles. The SMILES string of the molecule is O=C(O)C1=CC2CCCCCC2N1. The number of rotatable bonds is 1. The topological polar surface area (TPSA) is 49.3 Å². The molecule has 2 unspecified atom stereocenters. The van der Waals surface area contributed by atoms with Crippen molar-refractivity contribution in [3.05, 3.63) is 11.8 Å². The van der Waals surface area contributed by atoms with Crippen molar-refractivity contribution in [2.24, 2.45) is 5.92 Å². The molecule has 1 heterocycles. The van der Waals surface area contributed by atoms with Crippen LogP contribution >= 0.6 is 0 Å². The molecule has 0 spiro atoms. The normalized spacial score (nSPS) is 32.8. The van der Waals surface area contributed by atoms with Crippen LogP contribution in [0.2, 0.25) is 0 Å². The van der Waals surface area contributed by atoms with Gasteiger partial charge >= 0.3 is 5.97 Å². The van der Waals surface area contributed by atoms with E-state index in [-0.39, 0.29) is 0 Å². The third-order valence-electron chi connectivity index (χ3n) is 3.02. The number of hydrogen-bond donors (Lipinski definition) is 2. The van der Waals surface area contributed by atoms with Crippen molar-refractivity contribution in [1.29, 1.82) is 0 Å². The molecule has 3 heteroatoms. The molecular formula is C10H15NO2. The van der Waals surface area contributed by atoms with Crippen molar-refractivity contribution in [2.75, 3.05) is 0 Å². The number of nitrogens with one attached hydrogen (secondary N) is 1. The zero-order chi connectivity index (χ0) is 9.26. The predicted octanol–water partition coefficient (Wildman–Crippen LogP) is 1.51. The van der Waals surface area contributed by atoms with Gasteiger partial charge in [0.2, 0.25) is 0 Å². The molecule has 0 radical (unpaired) electrons. The highest BCUT2D eigenvalue weighted by atomic mass is 16.4. The lowest BCUT2D eigenvalue weighted by Crippen LogP contribution is -2.29. The van der Waals surface area contributed by atoms with Gasteiger partial charge in [-0.3, -0.25) is 0 Å². The average Bonchev–Trinajstić information content (AvgIpc) is 2.38. The van der Waals surface area contributed by atoms with Gasteiger partial charge in [0.25, 0.3) is 0 Å². The number of carbonyl (C=O) groups is 1. The quantitative estimate of drug-likeness (QED) is 0.644. The summed E-state index contributed by atoms with van der Waals surface area (Å²) < 4.78 is 0. The second kappa shape index (κ2) is 3.40. The molecule has 0 saturated heterocycles. The van der Waals surface area contributed by atoms with E-state index in [9.17, 15) is 4.79 Å². The van der Waals surface area contributed by atoms with Crippen LogP contribution in [0.5, 0.6) is 0 Å². The fraction of sp³-hybridized carbons (Fsp3) is 0.700. The monoisotopic (exact) mass is 181 g/mol. The Morgan fingerprint density at radius 3 is 2.92 bits per heavy atom. The minimum absolute atomic E-state index is 0.397. The summed E-state index contributed by atoms with van der Waals surface area (Å²) >= 11 is 0. The van der Waals surface area contributed by atoms with Gasteiger partial charge in [0.05, 0.1) is 0 Å². The highest BCUT2D eigenvalue weighted by Gasteiger charge is 2.30. The Morgan fingerprint density at radius 1 is 1.38 bits per heavy atom. The van der Waals surface area contributed by atoms with E-state index in [0.29, 0.717) is 17.7 Å². The third-order valence-corrected chi connectivity index (χ3v) is 3.02. The minimum atomic E-state index is -0.812. The van der Waals surface area contributed by atoms with Crippen molar-refractivity contribution in [2.45, 2.75) is 38.1 Å². The zero-order valence-corrected chi connectivity index (χ0v) is 7.62. The standard InChI is InChI=1S/C10H15NO2/c12-10(13)9-6-7-4-2-1-3-5-8(7)11-9/h6-8,11H,1-5H2,(H,12,13). The molecule has 0 aromatic rings. The fourth-order valence-corrected chi connectivity index (χ4v) is 2.31. The van der Waals surface area contributed by atoms with E-state index in [2.05, 4.69) is 5.32 Å². The first-order valence-corrected chi connectivity index (χ1v) is 4.99. The highest BCUT2D eigenvalue weighted by molar-refractivity contribution is 5.86. The van der Waals surface area contributed by atoms with Gasteiger partial charge in [-0.1, -0.05) is 19.3 Å². The fourth-order valence-electron chi connectivity index (χ4n) is 2.31. The first-order chi connectivity index (χ1) is 6.27. The maximum Gasteiger partial charge on any atom is 0.351 e. The molecule has 1 aliphatic heterocycles. The van der Waals surface area contributed by atoms with Crippen LogP contribution in [0.1, 0.15) is 32.1 Å². The van der Waals surface area contributed by atoms with Gasteiger partial charge < -0.3 is 10.4 Å². The Morgan fingerprint density at radius 2 is 2.15 bits per heavy atom. The summed E-state index contributed by atoms with van der Waals surface area (Å²) in [4.78, 5) is 10.7. The van der Waals surface area contributed by atoms with Gasteiger partial charge in [0.15, 0.2) is 0 Å². The maximum absolute atomic E-state index is 10.7. The van der Waals surface area contributed by atoms with Gasteiger partial charge in [0.1, 0.15) is 5.70 Å². The summed E-state index contributed by atoms with van der Waals surface area (Å²) in [7, 11) is 0. The lowest BCUT2D eigenvalue weighted by Gasteiger charge is -2.15. The van der Waals surface area contributed by atoms with E-state index in [1.807, 2.05) is 6.08 Å². The number of fused-ring (bicyclic) bond motifs is 1. The Kier molecular flexibility index (Phi) is 2.25. The van der Waals surface area contributed by atoms with E-state index in [0.717, 1.165) is 12.8 Å². The van der Waals surface area contributed by atoms with Crippen LogP contribution in [-0.2, 0) is 4.79 Å². The molecule has 1 fully saturated rings. The maximum atomic E-state index is 10.7. The summed E-state index contributed by atoms with van der Waals surface area (Å²) in [6.45, 7) is 0. The molecule has 1 saturated carbocycles. The van der Waals surface area contributed by atoms with Crippen LogP contribution < -0.4 is 5.32 Å². The van der Waals surface area contributed by atoms with E-state index >= 15 is 0 Å². The van der Waals surface area contributed by atoms with E-state index in [1.54, 1.807) is 0 Å². The third kappa shape index (κ3) is 1.69. The van der Waals surface area contributed by atoms with Crippen molar-refractivity contribution in [3.63, 3.8) is 0 Å². The molecule has 0 aromatic carbocycles. The summed E-state index contributed by atoms with van der Waals surface area (Å²) in [5.74, 6) is -0.346. The molecule has 13 heavy (non-hydrogen) atoms. The van der Waals surface area contributed by atoms with Crippen LogP contribution in [0, 0.1) is 5.92 Å². The first-order valence-electron chi connectivity index (χ1n) is 4.99. The van der Waals surface area contributed by atoms with E-state index in [4.69, 9.17) is 5.11 Å². The van der Waals surface area contributed by atoms with E-state index < -0.39 is 5.97 Å². The molecule has 2 rings (SSSR count). The molecule has 3 nitrogen and oxygen atoms in total. The number of aliphatic carboxylic acids is 1. The van der Waals surface area contributed by atoms with Crippen LogP contribution in [0.15, 0.2) is 11.8 Å².